The van der Waals surface area contributed by atoms with Gasteiger partial charge in [-0.1, -0.05) is 59.7 Å². The zero-order chi connectivity index (χ0) is 30.5. The number of hydrogen-bond donors (Lipinski definition) is 3. The molecule has 0 spiro atoms. The van der Waals surface area contributed by atoms with Crippen LogP contribution in [0.15, 0.2) is 91.1 Å². The minimum Gasteiger partial charge on any atom is -0.508 e. The van der Waals surface area contributed by atoms with Crippen molar-refractivity contribution in [2.45, 2.75) is 27.7 Å². The van der Waals surface area contributed by atoms with Crippen molar-refractivity contribution in [2.75, 3.05) is 0 Å². The highest BCUT2D eigenvalue weighted by Gasteiger charge is 2.17. The van der Waals surface area contributed by atoms with E-state index < -0.39 is 0 Å². The second kappa shape index (κ2) is 12.4. The summed E-state index contributed by atoms with van der Waals surface area (Å²) in [5, 5.41) is 40.4. The Hall–Kier alpha value is -5.70. The summed E-state index contributed by atoms with van der Waals surface area (Å²) in [7, 11) is 0. The fourth-order valence-corrected chi connectivity index (χ4v) is 4.65. The molecule has 2 aromatic heterocycles. The van der Waals surface area contributed by atoms with E-state index in [2.05, 4.69) is 37.5 Å². The van der Waals surface area contributed by atoms with Crippen LogP contribution in [-0.2, 0) is 0 Å². The third kappa shape index (κ3) is 6.62. The minimum absolute atomic E-state index is 0.0190. The standard InChI is InChI=1S/C25H23N3O2.C9H7N3O/c1-14-5-8-19(16(3)11-14)23-26-24(20-9-6-15(2)12-17(20)4)28-25(27-23)21-10-7-18(29)13-22(21)30;13-9-4-2-1-3-7(9)8-5-6-10-12-11-8/h5-13,29-30H,1-4H3;1-6,13H. The normalized spacial score (nSPS) is 10.6. The highest BCUT2D eigenvalue weighted by molar-refractivity contribution is 5.72. The first kappa shape index (κ1) is 28.8. The van der Waals surface area contributed by atoms with Gasteiger partial charge < -0.3 is 15.3 Å². The Balaban J connectivity index is 0.000000235. The molecule has 9 heteroatoms. The van der Waals surface area contributed by atoms with Crippen molar-refractivity contribution in [1.29, 1.82) is 0 Å². The summed E-state index contributed by atoms with van der Waals surface area (Å²) in [6.45, 7) is 8.15. The van der Waals surface area contributed by atoms with Crippen LogP contribution in [0.25, 0.3) is 45.4 Å². The van der Waals surface area contributed by atoms with Crippen molar-refractivity contribution in [3.05, 3.63) is 113 Å². The third-order valence-corrected chi connectivity index (χ3v) is 6.79. The van der Waals surface area contributed by atoms with Gasteiger partial charge in [-0.05, 0) is 74.4 Å². The lowest BCUT2D eigenvalue weighted by Gasteiger charge is -2.12. The number of aryl methyl sites for hydroxylation is 4. The molecule has 0 amide bonds. The lowest BCUT2D eigenvalue weighted by molar-refractivity contribution is 0.451. The average Bonchev–Trinajstić information content (AvgIpc) is 2.98. The van der Waals surface area contributed by atoms with Crippen LogP contribution in [0.3, 0.4) is 0 Å². The molecule has 0 radical (unpaired) electrons. The van der Waals surface area contributed by atoms with Gasteiger partial charge in [-0.15, -0.1) is 10.2 Å². The molecule has 0 atom stereocenters. The van der Waals surface area contributed by atoms with E-state index in [-0.39, 0.29) is 17.2 Å². The number of phenolic OH excluding ortho intramolecular Hbond substituents is 3. The molecule has 0 unspecified atom stereocenters. The second-order valence-electron chi connectivity index (χ2n) is 10.2. The highest BCUT2D eigenvalue weighted by Crippen LogP contribution is 2.33. The summed E-state index contributed by atoms with van der Waals surface area (Å²) >= 11 is 0. The first-order chi connectivity index (χ1) is 20.7. The van der Waals surface area contributed by atoms with E-state index in [0.717, 1.165) is 33.4 Å². The molecule has 4 aromatic carbocycles. The van der Waals surface area contributed by atoms with Gasteiger partial charge in [-0.3, -0.25) is 0 Å². The molecule has 214 valence electrons. The van der Waals surface area contributed by atoms with Crippen LogP contribution >= 0.6 is 0 Å². The van der Waals surface area contributed by atoms with E-state index in [1.165, 1.54) is 18.3 Å². The number of phenols is 3. The van der Waals surface area contributed by atoms with Crippen LogP contribution in [0, 0.1) is 27.7 Å². The number of para-hydroxylation sites is 1. The molecule has 43 heavy (non-hydrogen) atoms. The molecular formula is C34H30N6O3. The highest BCUT2D eigenvalue weighted by atomic mass is 16.3. The molecule has 0 bridgehead atoms. The molecule has 0 aliphatic heterocycles. The SMILES string of the molecule is Cc1ccc(-c2nc(-c3ccc(C)cc3C)nc(-c3ccc(O)cc3O)n2)c(C)c1.Oc1ccccc1-c1ccnnn1. The van der Waals surface area contributed by atoms with Crippen LogP contribution in [0.1, 0.15) is 22.3 Å². The number of rotatable bonds is 4. The van der Waals surface area contributed by atoms with E-state index in [4.69, 9.17) is 4.98 Å². The Morgan fingerprint density at radius 1 is 0.512 bits per heavy atom. The van der Waals surface area contributed by atoms with Gasteiger partial charge in [0.25, 0.3) is 0 Å². The summed E-state index contributed by atoms with van der Waals surface area (Å²) in [5.41, 5.74) is 8.00. The molecule has 0 aliphatic rings. The van der Waals surface area contributed by atoms with Crippen molar-refractivity contribution < 1.29 is 15.3 Å². The Kier molecular flexibility index (Phi) is 8.34. The van der Waals surface area contributed by atoms with Gasteiger partial charge in [-0.2, -0.15) is 0 Å². The lowest BCUT2D eigenvalue weighted by atomic mass is 10.0. The monoisotopic (exact) mass is 570 g/mol. The predicted molar refractivity (Wildman–Crippen MR) is 165 cm³/mol. The molecule has 6 rings (SSSR count). The zero-order valence-electron chi connectivity index (χ0n) is 24.2. The van der Waals surface area contributed by atoms with E-state index in [1.54, 1.807) is 30.3 Å². The Morgan fingerprint density at radius 2 is 1.07 bits per heavy atom. The van der Waals surface area contributed by atoms with Crippen LogP contribution in [-0.4, -0.2) is 45.7 Å². The van der Waals surface area contributed by atoms with Crippen molar-refractivity contribution >= 4 is 0 Å². The van der Waals surface area contributed by atoms with E-state index in [1.807, 2.05) is 58.0 Å². The molecular weight excluding hydrogens is 540 g/mol. The molecule has 2 heterocycles. The Bertz CT molecular complexity index is 1740. The maximum atomic E-state index is 10.4. The largest absolute Gasteiger partial charge is 0.508 e. The summed E-state index contributed by atoms with van der Waals surface area (Å²) in [6.07, 6.45) is 1.54. The van der Waals surface area contributed by atoms with Gasteiger partial charge in [0, 0.05) is 22.8 Å². The summed E-state index contributed by atoms with van der Waals surface area (Å²) in [5.74, 6) is 1.53. The van der Waals surface area contributed by atoms with E-state index >= 15 is 0 Å². The molecule has 0 fully saturated rings. The number of hydrogen-bond acceptors (Lipinski definition) is 9. The van der Waals surface area contributed by atoms with Crippen molar-refractivity contribution in [3.8, 4) is 62.7 Å². The molecule has 0 aliphatic carbocycles. The molecule has 0 saturated carbocycles. The van der Waals surface area contributed by atoms with Crippen molar-refractivity contribution in [2.24, 2.45) is 0 Å². The van der Waals surface area contributed by atoms with Crippen molar-refractivity contribution in [1.82, 2.24) is 30.4 Å². The van der Waals surface area contributed by atoms with Crippen LogP contribution in [0.4, 0.5) is 0 Å². The molecule has 3 N–H and O–H groups in total. The third-order valence-electron chi connectivity index (χ3n) is 6.79. The second-order valence-corrected chi connectivity index (χ2v) is 10.2. The minimum atomic E-state index is -0.0839. The van der Waals surface area contributed by atoms with Gasteiger partial charge in [0.1, 0.15) is 17.2 Å². The fraction of sp³-hybridized carbons (Fsp3) is 0.118. The average molecular weight is 571 g/mol. The summed E-state index contributed by atoms with van der Waals surface area (Å²) in [6, 6.07) is 25.3. The Labute approximate surface area is 249 Å². The quantitative estimate of drug-likeness (QED) is 0.210. The summed E-state index contributed by atoms with van der Waals surface area (Å²) in [4.78, 5) is 14.1. The zero-order valence-corrected chi connectivity index (χ0v) is 24.2. The van der Waals surface area contributed by atoms with Gasteiger partial charge >= 0.3 is 0 Å². The van der Waals surface area contributed by atoms with E-state index in [0.29, 0.717) is 34.3 Å². The first-order valence-electron chi connectivity index (χ1n) is 13.6. The molecule has 9 nitrogen and oxygen atoms in total. The van der Waals surface area contributed by atoms with Crippen LogP contribution in [0.5, 0.6) is 17.2 Å². The molecule has 0 saturated heterocycles. The number of benzene rings is 4. The van der Waals surface area contributed by atoms with Gasteiger partial charge in [0.05, 0.1) is 17.5 Å². The number of aromatic nitrogens is 6. The fourth-order valence-electron chi connectivity index (χ4n) is 4.65. The lowest BCUT2D eigenvalue weighted by Crippen LogP contribution is -2.02. The smallest absolute Gasteiger partial charge is 0.167 e. The van der Waals surface area contributed by atoms with Gasteiger partial charge in [-0.25, -0.2) is 15.0 Å². The van der Waals surface area contributed by atoms with Crippen LogP contribution < -0.4 is 0 Å². The Morgan fingerprint density at radius 3 is 1.58 bits per heavy atom. The molecule has 6 aromatic rings. The van der Waals surface area contributed by atoms with E-state index in [9.17, 15) is 15.3 Å². The van der Waals surface area contributed by atoms with Gasteiger partial charge in [0.2, 0.25) is 0 Å². The maximum absolute atomic E-state index is 10.4. The number of nitrogens with zero attached hydrogens (tertiary/aromatic N) is 6. The number of aromatic hydroxyl groups is 3. The van der Waals surface area contributed by atoms with Gasteiger partial charge in [0.15, 0.2) is 17.5 Å². The first-order valence-corrected chi connectivity index (χ1v) is 13.6. The maximum Gasteiger partial charge on any atom is 0.167 e. The topological polar surface area (TPSA) is 138 Å². The predicted octanol–water partition coefficient (Wildman–Crippen LogP) is 6.76. The summed E-state index contributed by atoms with van der Waals surface area (Å²) < 4.78 is 0. The van der Waals surface area contributed by atoms with Crippen molar-refractivity contribution in [3.63, 3.8) is 0 Å². The van der Waals surface area contributed by atoms with Crippen LogP contribution in [0.2, 0.25) is 0 Å².